The highest BCUT2D eigenvalue weighted by atomic mass is 16.5. The van der Waals surface area contributed by atoms with Gasteiger partial charge in [0.2, 0.25) is 0 Å². The molecule has 142 valence electrons. The van der Waals surface area contributed by atoms with Crippen LogP contribution in [0, 0.1) is 0 Å². The Morgan fingerprint density at radius 1 is 1.11 bits per heavy atom. The predicted molar refractivity (Wildman–Crippen MR) is 105 cm³/mol. The zero-order valence-electron chi connectivity index (χ0n) is 15.6. The highest BCUT2D eigenvalue weighted by Gasteiger charge is 2.22. The van der Waals surface area contributed by atoms with Crippen LogP contribution >= 0.6 is 0 Å². The van der Waals surface area contributed by atoms with Crippen molar-refractivity contribution in [3.63, 3.8) is 0 Å². The number of morpholine rings is 1. The van der Waals surface area contributed by atoms with Crippen LogP contribution in [0.5, 0.6) is 0 Å². The summed E-state index contributed by atoms with van der Waals surface area (Å²) in [4.78, 5) is 21.5. The van der Waals surface area contributed by atoms with Gasteiger partial charge in [0.25, 0.3) is 5.91 Å². The van der Waals surface area contributed by atoms with Gasteiger partial charge in [0.1, 0.15) is 0 Å². The molecule has 0 spiro atoms. The fourth-order valence-electron chi connectivity index (χ4n) is 3.69. The van der Waals surface area contributed by atoms with Crippen LogP contribution in [-0.4, -0.2) is 66.6 Å². The van der Waals surface area contributed by atoms with E-state index >= 15 is 0 Å². The average molecular weight is 366 g/mol. The van der Waals surface area contributed by atoms with Crippen molar-refractivity contribution in [2.75, 3.05) is 51.3 Å². The first-order valence-corrected chi connectivity index (χ1v) is 9.65. The maximum atomic E-state index is 12.9. The highest BCUT2D eigenvalue weighted by molar-refractivity contribution is 5.94. The van der Waals surface area contributed by atoms with Crippen molar-refractivity contribution in [3.8, 4) is 0 Å². The van der Waals surface area contributed by atoms with Crippen LogP contribution < -0.4 is 5.32 Å². The third kappa shape index (κ3) is 4.46. The first kappa shape index (κ1) is 17.9. The maximum absolute atomic E-state index is 12.9. The Kier molecular flexibility index (Phi) is 5.65. The third-order valence-electron chi connectivity index (χ3n) is 5.26. The number of nitrogens with zero attached hydrogens (tertiary/aromatic N) is 3. The van der Waals surface area contributed by atoms with E-state index in [0.29, 0.717) is 12.1 Å². The third-order valence-corrected chi connectivity index (χ3v) is 5.26. The molecule has 2 aliphatic heterocycles. The van der Waals surface area contributed by atoms with E-state index < -0.39 is 0 Å². The van der Waals surface area contributed by atoms with Crippen molar-refractivity contribution < 1.29 is 9.53 Å². The summed E-state index contributed by atoms with van der Waals surface area (Å²) in [6.07, 6.45) is 4.35. The number of amides is 1. The predicted octanol–water partition coefficient (Wildman–Crippen LogP) is 2.02. The monoisotopic (exact) mass is 366 g/mol. The molecular formula is C21H26N4O2. The number of fused-ring (bicyclic) bond motifs is 1. The number of hydrogen-bond donors (Lipinski definition) is 1. The van der Waals surface area contributed by atoms with Gasteiger partial charge in [-0.25, -0.2) is 0 Å². The van der Waals surface area contributed by atoms with Crippen LogP contribution in [0.1, 0.15) is 21.5 Å². The quantitative estimate of drug-likeness (QED) is 0.877. The number of pyridine rings is 1. The van der Waals surface area contributed by atoms with Crippen molar-refractivity contribution >= 4 is 11.6 Å². The lowest BCUT2D eigenvalue weighted by Crippen LogP contribution is -2.39. The van der Waals surface area contributed by atoms with E-state index in [-0.39, 0.29) is 5.91 Å². The second-order valence-corrected chi connectivity index (χ2v) is 7.09. The second-order valence-electron chi connectivity index (χ2n) is 7.09. The highest BCUT2D eigenvalue weighted by Crippen LogP contribution is 2.21. The van der Waals surface area contributed by atoms with Crippen LogP contribution in [0.3, 0.4) is 0 Å². The van der Waals surface area contributed by atoms with E-state index in [1.54, 1.807) is 12.4 Å². The van der Waals surface area contributed by atoms with Gasteiger partial charge in [0.15, 0.2) is 0 Å². The number of ether oxygens (including phenoxy) is 1. The summed E-state index contributed by atoms with van der Waals surface area (Å²) in [5, 5.41) is 3.39. The minimum atomic E-state index is 0.0498. The van der Waals surface area contributed by atoms with E-state index in [0.717, 1.165) is 58.0 Å². The van der Waals surface area contributed by atoms with Gasteiger partial charge in [-0.2, -0.15) is 0 Å². The summed E-state index contributed by atoms with van der Waals surface area (Å²) in [7, 11) is 0. The van der Waals surface area contributed by atoms with Crippen molar-refractivity contribution in [2.24, 2.45) is 0 Å². The standard InChI is InChI=1S/C21H26N4O2/c26-21(25-7-5-17-3-1-2-4-18(17)16-25)19-13-20(15-22-14-19)23-6-8-24-9-11-27-12-10-24/h1-4,13-15,23H,5-12,16H2. The van der Waals surface area contributed by atoms with Gasteiger partial charge in [-0.15, -0.1) is 0 Å². The molecular weight excluding hydrogens is 340 g/mol. The molecule has 1 fully saturated rings. The molecule has 1 saturated heterocycles. The number of carbonyl (C=O) groups is 1. The lowest BCUT2D eigenvalue weighted by atomic mass is 9.99. The second kappa shape index (κ2) is 8.50. The zero-order valence-corrected chi connectivity index (χ0v) is 15.6. The van der Waals surface area contributed by atoms with Gasteiger partial charge >= 0.3 is 0 Å². The van der Waals surface area contributed by atoms with Crippen LogP contribution in [0.15, 0.2) is 42.7 Å². The molecule has 0 bridgehead atoms. The molecule has 1 N–H and O–H groups in total. The Hall–Kier alpha value is -2.44. The normalized spacial score (nSPS) is 17.4. The van der Waals surface area contributed by atoms with E-state index in [2.05, 4.69) is 33.4 Å². The van der Waals surface area contributed by atoms with Crippen molar-refractivity contribution in [3.05, 3.63) is 59.4 Å². The van der Waals surface area contributed by atoms with E-state index in [4.69, 9.17) is 4.74 Å². The first-order valence-electron chi connectivity index (χ1n) is 9.65. The molecule has 0 aliphatic carbocycles. The maximum Gasteiger partial charge on any atom is 0.255 e. The summed E-state index contributed by atoms with van der Waals surface area (Å²) >= 11 is 0. The number of hydrogen-bond acceptors (Lipinski definition) is 5. The van der Waals surface area contributed by atoms with Gasteiger partial charge in [-0.1, -0.05) is 24.3 Å². The molecule has 6 heteroatoms. The summed E-state index contributed by atoms with van der Waals surface area (Å²) < 4.78 is 5.37. The molecule has 27 heavy (non-hydrogen) atoms. The summed E-state index contributed by atoms with van der Waals surface area (Å²) in [6.45, 7) is 6.80. The molecule has 2 aromatic rings. The Labute approximate surface area is 160 Å². The fourth-order valence-corrected chi connectivity index (χ4v) is 3.69. The van der Waals surface area contributed by atoms with Gasteiger partial charge < -0.3 is 15.0 Å². The van der Waals surface area contributed by atoms with E-state index in [1.807, 2.05) is 17.0 Å². The van der Waals surface area contributed by atoms with Crippen LogP contribution in [0.4, 0.5) is 5.69 Å². The number of benzene rings is 1. The number of nitrogens with one attached hydrogen (secondary N) is 1. The largest absolute Gasteiger partial charge is 0.382 e. The van der Waals surface area contributed by atoms with Gasteiger partial charge in [0, 0.05) is 51.7 Å². The van der Waals surface area contributed by atoms with Crippen molar-refractivity contribution in [1.29, 1.82) is 0 Å². The summed E-state index contributed by atoms with van der Waals surface area (Å²) in [5.74, 6) is 0.0498. The molecule has 6 nitrogen and oxygen atoms in total. The first-order chi connectivity index (χ1) is 13.3. The molecule has 0 radical (unpaired) electrons. The van der Waals surface area contributed by atoms with Crippen LogP contribution in [0.2, 0.25) is 0 Å². The molecule has 0 atom stereocenters. The van der Waals surface area contributed by atoms with Crippen molar-refractivity contribution in [2.45, 2.75) is 13.0 Å². The number of anilines is 1. The molecule has 0 unspecified atom stereocenters. The lowest BCUT2D eigenvalue weighted by molar-refractivity contribution is 0.0398. The van der Waals surface area contributed by atoms with Gasteiger partial charge in [-0.3, -0.25) is 14.7 Å². The van der Waals surface area contributed by atoms with Crippen LogP contribution in [0.25, 0.3) is 0 Å². The summed E-state index contributed by atoms with van der Waals surface area (Å²) in [6, 6.07) is 10.3. The van der Waals surface area contributed by atoms with E-state index in [9.17, 15) is 4.79 Å². The molecule has 2 aliphatic rings. The SMILES string of the molecule is O=C(c1cncc(NCCN2CCOCC2)c1)N1CCc2ccccc2C1. The lowest BCUT2D eigenvalue weighted by Gasteiger charge is -2.29. The Bertz CT molecular complexity index is 789. The van der Waals surface area contributed by atoms with E-state index in [1.165, 1.54) is 11.1 Å². The Morgan fingerprint density at radius 3 is 2.78 bits per heavy atom. The molecule has 4 rings (SSSR count). The topological polar surface area (TPSA) is 57.7 Å². The van der Waals surface area contributed by atoms with Gasteiger partial charge in [0.05, 0.1) is 24.5 Å². The minimum Gasteiger partial charge on any atom is -0.382 e. The molecule has 1 amide bonds. The zero-order chi connectivity index (χ0) is 18.5. The fraction of sp³-hybridized carbons (Fsp3) is 0.429. The van der Waals surface area contributed by atoms with Gasteiger partial charge in [-0.05, 0) is 23.6 Å². The molecule has 0 saturated carbocycles. The average Bonchev–Trinajstić information content (AvgIpc) is 2.74. The smallest absolute Gasteiger partial charge is 0.255 e. The number of rotatable bonds is 5. The van der Waals surface area contributed by atoms with Crippen LogP contribution in [-0.2, 0) is 17.7 Å². The number of carbonyl (C=O) groups excluding carboxylic acids is 1. The Balaban J connectivity index is 1.35. The minimum absolute atomic E-state index is 0.0498. The molecule has 1 aromatic heterocycles. The summed E-state index contributed by atoms with van der Waals surface area (Å²) in [5.41, 5.74) is 4.13. The number of aromatic nitrogens is 1. The molecule has 1 aromatic carbocycles. The van der Waals surface area contributed by atoms with Crippen molar-refractivity contribution in [1.82, 2.24) is 14.8 Å². The molecule has 3 heterocycles. The Morgan fingerprint density at radius 2 is 1.93 bits per heavy atom.